The molecule has 0 bridgehead atoms. The number of nitrogens with one attached hydrogen (secondary N) is 2. The van der Waals surface area contributed by atoms with Crippen LogP contribution >= 0.6 is 11.6 Å². The van der Waals surface area contributed by atoms with Crippen molar-refractivity contribution in [2.24, 2.45) is 0 Å². The Hall–Kier alpha value is -2.05. The van der Waals surface area contributed by atoms with Crippen molar-refractivity contribution in [3.63, 3.8) is 0 Å². The van der Waals surface area contributed by atoms with E-state index in [1.165, 1.54) is 18.2 Å². The van der Waals surface area contributed by atoms with Gasteiger partial charge in [0.25, 0.3) is 5.91 Å². The van der Waals surface area contributed by atoms with E-state index in [4.69, 9.17) is 11.6 Å². The Balaban J connectivity index is 2.16. The molecule has 0 spiro atoms. The lowest BCUT2D eigenvalue weighted by Crippen LogP contribution is -2.28. The number of hydrogen-bond donors (Lipinski definition) is 2. The monoisotopic (exact) mass is 380 g/mol. The number of aryl methyl sites for hydroxylation is 1. The first-order chi connectivity index (χ1) is 11.7. The molecule has 0 aliphatic heterocycles. The molecule has 0 unspecified atom stereocenters. The summed E-state index contributed by atoms with van der Waals surface area (Å²) in [6, 6.07) is 12.4. The van der Waals surface area contributed by atoms with Gasteiger partial charge in [0.1, 0.15) is 0 Å². The van der Waals surface area contributed by atoms with E-state index in [9.17, 15) is 13.2 Å². The lowest BCUT2D eigenvalue weighted by molar-refractivity contribution is 0.0935. The zero-order valence-corrected chi connectivity index (χ0v) is 15.9. The largest absolute Gasteiger partial charge is 0.345 e. The summed E-state index contributed by atoms with van der Waals surface area (Å²) in [7, 11) is -3.43. The van der Waals surface area contributed by atoms with E-state index in [1.54, 1.807) is 0 Å². The highest BCUT2D eigenvalue weighted by atomic mass is 35.5. The van der Waals surface area contributed by atoms with Crippen LogP contribution in [0.4, 0.5) is 5.69 Å². The van der Waals surface area contributed by atoms with Crippen molar-refractivity contribution in [1.29, 1.82) is 0 Å². The fourth-order valence-electron chi connectivity index (χ4n) is 2.40. The molecule has 0 aliphatic carbocycles. The molecule has 0 saturated carbocycles. The summed E-state index contributed by atoms with van der Waals surface area (Å²) in [6.45, 7) is 4.01. The molecule has 5 nitrogen and oxygen atoms in total. The third kappa shape index (κ3) is 5.47. The van der Waals surface area contributed by atoms with Crippen LogP contribution in [0.15, 0.2) is 42.5 Å². The number of benzene rings is 2. The molecule has 7 heteroatoms. The number of carbonyl (C=O) groups excluding carboxylic acids is 1. The molecule has 2 aromatic carbocycles. The van der Waals surface area contributed by atoms with E-state index >= 15 is 0 Å². The number of amides is 1. The average Bonchev–Trinajstić information content (AvgIpc) is 2.54. The predicted molar refractivity (Wildman–Crippen MR) is 102 cm³/mol. The molecule has 1 amide bonds. The minimum Gasteiger partial charge on any atom is -0.345 e. The minimum absolute atomic E-state index is 0.110. The van der Waals surface area contributed by atoms with Gasteiger partial charge in [0.05, 0.1) is 23.0 Å². The summed E-state index contributed by atoms with van der Waals surface area (Å²) in [5.41, 5.74) is 2.80. The van der Waals surface area contributed by atoms with Gasteiger partial charge < -0.3 is 5.32 Å². The second kappa shape index (κ2) is 7.89. The molecule has 1 atom stereocenters. The maximum absolute atomic E-state index is 12.5. The number of rotatable bonds is 6. The molecule has 2 aromatic rings. The van der Waals surface area contributed by atoms with Crippen LogP contribution in [0.2, 0.25) is 5.02 Å². The van der Waals surface area contributed by atoms with Gasteiger partial charge in [-0.15, -0.1) is 0 Å². The van der Waals surface area contributed by atoms with E-state index in [1.807, 2.05) is 38.1 Å². The molecule has 2 N–H and O–H groups in total. The average molecular weight is 381 g/mol. The smallest absolute Gasteiger partial charge is 0.251 e. The van der Waals surface area contributed by atoms with E-state index in [0.717, 1.165) is 23.8 Å². The van der Waals surface area contributed by atoms with Gasteiger partial charge >= 0.3 is 0 Å². The first-order valence-electron chi connectivity index (χ1n) is 7.84. The van der Waals surface area contributed by atoms with Crippen LogP contribution in [-0.2, 0) is 10.0 Å². The van der Waals surface area contributed by atoms with Gasteiger partial charge in [-0.2, -0.15) is 0 Å². The lowest BCUT2D eigenvalue weighted by atomic mass is 10.0. The number of halogens is 1. The third-order valence-corrected chi connectivity index (χ3v) is 4.62. The van der Waals surface area contributed by atoms with Crippen molar-refractivity contribution in [2.75, 3.05) is 11.0 Å². The van der Waals surface area contributed by atoms with Crippen LogP contribution in [0.5, 0.6) is 0 Å². The molecule has 0 radical (unpaired) electrons. The Bertz CT molecular complexity index is 864. The van der Waals surface area contributed by atoms with E-state index in [0.29, 0.717) is 5.56 Å². The Kier molecular flexibility index (Phi) is 6.08. The predicted octanol–water partition coefficient (Wildman–Crippen LogP) is 3.90. The number of anilines is 1. The van der Waals surface area contributed by atoms with E-state index < -0.39 is 10.0 Å². The van der Waals surface area contributed by atoms with Crippen molar-refractivity contribution >= 4 is 33.2 Å². The Morgan fingerprint density at radius 2 is 1.80 bits per heavy atom. The molecule has 25 heavy (non-hydrogen) atoms. The number of hydrogen-bond acceptors (Lipinski definition) is 3. The normalized spacial score (nSPS) is 12.5. The first-order valence-corrected chi connectivity index (χ1v) is 10.1. The molecule has 0 aliphatic rings. The topological polar surface area (TPSA) is 75.3 Å². The van der Waals surface area contributed by atoms with E-state index in [-0.39, 0.29) is 22.7 Å². The Morgan fingerprint density at radius 3 is 2.32 bits per heavy atom. The maximum atomic E-state index is 12.5. The summed E-state index contributed by atoms with van der Waals surface area (Å²) in [5.74, 6) is -0.264. The summed E-state index contributed by atoms with van der Waals surface area (Å²) < 4.78 is 24.9. The SMILES string of the molecule is CC[C@@H](NC(=O)c1ccc(NS(C)(=O)=O)c(Cl)c1)c1ccc(C)cc1. The molecular weight excluding hydrogens is 360 g/mol. The van der Waals surface area contributed by atoms with Crippen molar-refractivity contribution < 1.29 is 13.2 Å². The Labute approximate surface area is 153 Å². The standard InChI is InChI=1S/C18H21ClN2O3S/c1-4-16(13-7-5-12(2)6-8-13)20-18(22)14-9-10-17(15(19)11-14)21-25(3,23)24/h5-11,16,21H,4H2,1-3H3,(H,20,22)/t16-/m1/s1. The molecule has 0 aromatic heterocycles. The maximum Gasteiger partial charge on any atom is 0.251 e. The van der Waals surface area contributed by atoms with Gasteiger partial charge in [-0.05, 0) is 37.1 Å². The second-order valence-corrected chi connectivity index (χ2v) is 8.07. The second-order valence-electron chi connectivity index (χ2n) is 5.91. The van der Waals surface area contributed by atoms with Gasteiger partial charge in [-0.25, -0.2) is 8.42 Å². The number of sulfonamides is 1. The van der Waals surface area contributed by atoms with Crippen molar-refractivity contribution in [3.05, 3.63) is 64.2 Å². The summed E-state index contributed by atoms with van der Waals surface area (Å²) >= 11 is 6.08. The van der Waals surface area contributed by atoms with Gasteiger partial charge in [-0.1, -0.05) is 48.4 Å². The molecule has 0 heterocycles. The zero-order valence-electron chi connectivity index (χ0n) is 14.3. The molecule has 134 valence electrons. The summed E-state index contributed by atoms with van der Waals surface area (Å²) in [4.78, 5) is 12.5. The van der Waals surface area contributed by atoms with Crippen molar-refractivity contribution in [2.45, 2.75) is 26.3 Å². The van der Waals surface area contributed by atoms with Crippen molar-refractivity contribution in [1.82, 2.24) is 5.32 Å². The third-order valence-electron chi connectivity index (χ3n) is 3.72. The quantitative estimate of drug-likeness (QED) is 0.797. The highest BCUT2D eigenvalue weighted by molar-refractivity contribution is 7.92. The Morgan fingerprint density at radius 1 is 1.16 bits per heavy atom. The number of carbonyl (C=O) groups is 1. The van der Waals surface area contributed by atoms with Gasteiger partial charge in [0.2, 0.25) is 10.0 Å². The highest BCUT2D eigenvalue weighted by Gasteiger charge is 2.16. The lowest BCUT2D eigenvalue weighted by Gasteiger charge is -2.18. The fraction of sp³-hybridized carbons (Fsp3) is 0.278. The van der Waals surface area contributed by atoms with Crippen LogP contribution in [0.25, 0.3) is 0 Å². The fourth-order valence-corrected chi connectivity index (χ4v) is 3.26. The minimum atomic E-state index is -3.43. The van der Waals surface area contributed by atoms with Crippen LogP contribution in [0.1, 0.15) is 40.9 Å². The van der Waals surface area contributed by atoms with Gasteiger partial charge in [-0.3, -0.25) is 9.52 Å². The van der Waals surface area contributed by atoms with Crippen molar-refractivity contribution in [3.8, 4) is 0 Å². The zero-order chi connectivity index (χ0) is 18.6. The molecular formula is C18H21ClN2O3S. The van der Waals surface area contributed by atoms with Crippen LogP contribution in [-0.4, -0.2) is 20.6 Å². The molecule has 0 fully saturated rings. The van der Waals surface area contributed by atoms with Gasteiger partial charge in [0, 0.05) is 5.56 Å². The van der Waals surface area contributed by atoms with Crippen LogP contribution in [0, 0.1) is 6.92 Å². The summed E-state index contributed by atoms with van der Waals surface area (Å²) in [5, 5.41) is 3.15. The highest BCUT2D eigenvalue weighted by Crippen LogP contribution is 2.25. The molecule has 0 saturated heterocycles. The van der Waals surface area contributed by atoms with Crippen LogP contribution < -0.4 is 10.0 Å². The molecule has 2 rings (SSSR count). The van der Waals surface area contributed by atoms with Gasteiger partial charge in [0.15, 0.2) is 0 Å². The first kappa shape index (κ1) is 19.3. The van der Waals surface area contributed by atoms with E-state index in [2.05, 4.69) is 10.0 Å². The summed E-state index contributed by atoms with van der Waals surface area (Å²) in [6.07, 6.45) is 1.79. The van der Waals surface area contributed by atoms with Crippen LogP contribution in [0.3, 0.4) is 0 Å².